The highest BCUT2D eigenvalue weighted by Crippen LogP contribution is 2.36. The summed E-state index contributed by atoms with van der Waals surface area (Å²) in [6, 6.07) is 18.3. The van der Waals surface area contributed by atoms with E-state index in [0.717, 1.165) is 11.1 Å². The molecule has 1 fully saturated rings. The second-order valence-corrected chi connectivity index (χ2v) is 12.3. The summed E-state index contributed by atoms with van der Waals surface area (Å²) in [7, 11) is -8.12. The molecule has 4 rings (SSSR count). The van der Waals surface area contributed by atoms with Crippen molar-refractivity contribution in [3.05, 3.63) is 99.6 Å². The maximum atomic E-state index is 13.7. The summed E-state index contributed by atoms with van der Waals surface area (Å²) in [5.74, 6) is 0.0682. The highest BCUT2D eigenvalue weighted by molar-refractivity contribution is 7.90. The largest absolute Gasteiger partial charge is 0.337 e. The van der Waals surface area contributed by atoms with Crippen molar-refractivity contribution in [2.75, 3.05) is 13.1 Å². The van der Waals surface area contributed by atoms with Gasteiger partial charge in [0.2, 0.25) is 10.0 Å². The fraction of sp³-hybridized carbons (Fsp3) is 0.240. The third-order valence-corrected chi connectivity index (χ3v) is 9.36. The van der Waals surface area contributed by atoms with Gasteiger partial charge in [0.1, 0.15) is 12.0 Å². The lowest BCUT2D eigenvalue weighted by Gasteiger charge is -2.31. The van der Waals surface area contributed by atoms with E-state index in [9.17, 15) is 26.9 Å². The average Bonchev–Trinajstić information content (AvgIpc) is 3.31. The zero-order valence-corrected chi connectivity index (χ0v) is 22.1. The maximum Gasteiger partial charge on any atom is 0.283 e. The lowest BCUT2D eigenvalue weighted by atomic mass is 10.1. The van der Waals surface area contributed by atoms with Crippen LogP contribution in [0.2, 0.25) is 0 Å². The number of benzene rings is 3. The predicted octanol–water partition coefficient (Wildman–Crippen LogP) is 4.02. The van der Waals surface area contributed by atoms with Gasteiger partial charge in [-0.2, -0.15) is 12.7 Å². The van der Waals surface area contributed by atoms with Crippen molar-refractivity contribution >= 4 is 31.6 Å². The van der Waals surface area contributed by atoms with Crippen LogP contribution in [0.3, 0.4) is 0 Å². The highest BCUT2D eigenvalue weighted by Gasteiger charge is 2.42. The molecule has 1 saturated heterocycles. The zero-order chi connectivity index (χ0) is 27.0. The molecule has 1 atom stereocenters. The summed E-state index contributed by atoms with van der Waals surface area (Å²) in [5, 5.41) is 11.4. The minimum atomic E-state index is -4.08. The summed E-state index contributed by atoms with van der Waals surface area (Å²) < 4.78 is 58.5. The lowest BCUT2D eigenvalue weighted by Crippen LogP contribution is -2.37. The van der Waals surface area contributed by atoms with Gasteiger partial charge in [-0.05, 0) is 50.6 Å². The summed E-state index contributed by atoms with van der Waals surface area (Å²) in [6.45, 7) is 5.33. The smallest absolute Gasteiger partial charge is 0.283 e. The van der Waals surface area contributed by atoms with Crippen molar-refractivity contribution in [3.63, 3.8) is 0 Å². The second-order valence-electron chi connectivity index (χ2n) is 8.77. The lowest BCUT2D eigenvalue weighted by molar-refractivity contribution is -0.385. The van der Waals surface area contributed by atoms with Gasteiger partial charge in [0.25, 0.3) is 15.7 Å². The van der Waals surface area contributed by atoms with Gasteiger partial charge in [-0.3, -0.25) is 10.1 Å². The summed E-state index contributed by atoms with van der Waals surface area (Å²) in [5.41, 5.74) is 1.90. The standard InChI is InChI=1S/C25H26N4O6S2/c1-18-7-11-23(12-8-18)36(32,33)26-20(3)27-15-16-28(37(34,35)24-13-9-19(2)10-14-24)25(27)21-5-4-6-22(17-21)29(30)31/h4-14,17,25H,15-16H2,1-3H3. The number of amidine groups is 1. The molecule has 12 heteroatoms. The van der Waals surface area contributed by atoms with Crippen LogP contribution >= 0.6 is 0 Å². The molecule has 0 aliphatic carbocycles. The van der Waals surface area contributed by atoms with E-state index in [0.29, 0.717) is 5.56 Å². The van der Waals surface area contributed by atoms with Crippen LogP contribution in [0.15, 0.2) is 87.0 Å². The number of nitro benzene ring substituents is 1. The van der Waals surface area contributed by atoms with Crippen molar-refractivity contribution in [1.82, 2.24) is 9.21 Å². The minimum absolute atomic E-state index is 0.00711. The fourth-order valence-electron chi connectivity index (χ4n) is 4.18. The Hall–Kier alpha value is -3.61. The van der Waals surface area contributed by atoms with E-state index in [1.54, 1.807) is 30.3 Å². The molecule has 1 unspecified atom stereocenters. The molecule has 3 aromatic carbocycles. The van der Waals surface area contributed by atoms with Crippen molar-refractivity contribution in [1.29, 1.82) is 0 Å². The van der Waals surface area contributed by atoms with E-state index < -0.39 is 31.1 Å². The van der Waals surface area contributed by atoms with Gasteiger partial charge in [0.05, 0.1) is 14.7 Å². The van der Waals surface area contributed by atoms with E-state index in [-0.39, 0.29) is 34.4 Å². The SMILES string of the molecule is CC(=NS(=O)(=O)c1ccc(C)cc1)N1CCN(S(=O)(=O)c2ccc(C)cc2)C1c1cccc([N+](=O)[O-])c1. The molecular formula is C25H26N4O6S2. The van der Waals surface area contributed by atoms with Gasteiger partial charge in [-0.25, -0.2) is 8.42 Å². The molecule has 0 aromatic heterocycles. The number of aryl methyl sites for hydroxylation is 2. The highest BCUT2D eigenvalue weighted by atomic mass is 32.2. The Morgan fingerprint density at radius 2 is 1.46 bits per heavy atom. The van der Waals surface area contributed by atoms with Crippen LogP contribution in [0.5, 0.6) is 0 Å². The molecule has 1 heterocycles. The van der Waals surface area contributed by atoms with Crippen molar-refractivity contribution in [2.24, 2.45) is 4.40 Å². The van der Waals surface area contributed by atoms with Crippen LogP contribution in [-0.2, 0) is 20.0 Å². The number of hydrogen-bond donors (Lipinski definition) is 0. The van der Waals surface area contributed by atoms with Crippen LogP contribution in [0.1, 0.15) is 29.8 Å². The molecule has 0 saturated carbocycles. The topological polar surface area (TPSA) is 130 Å². The normalized spacial score (nSPS) is 17.2. The minimum Gasteiger partial charge on any atom is -0.337 e. The molecule has 37 heavy (non-hydrogen) atoms. The molecule has 194 valence electrons. The Morgan fingerprint density at radius 1 is 0.892 bits per heavy atom. The van der Waals surface area contributed by atoms with Gasteiger partial charge in [0.15, 0.2) is 0 Å². The van der Waals surface area contributed by atoms with E-state index in [4.69, 9.17) is 0 Å². The third kappa shape index (κ3) is 5.41. The third-order valence-electron chi connectivity index (χ3n) is 6.12. The molecule has 0 radical (unpaired) electrons. The zero-order valence-electron chi connectivity index (χ0n) is 20.5. The molecule has 0 spiro atoms. The van der Waals surface area contributed by atoms with E-state index in [1.165, 1.54) is 58.6 Å². The quantitative estimate of drug-likeness (QED) is 0.199. The number of hydrogen-bond acceptors (Lipinski definition) is 6. The number of nitro groups is 1. The Labute approximate surface area is 216 Å². The molecule has 10 nitrogen and oxygen atoms in total. The molecule has 0 N–H and O–H groups in total. The van der Waals surface area contributed by atoms with Gasteiger partial charge >= 0.3 is 0 Å². The maximum absolute atomic E-state index is 13.7. The van der Waals surface area contributed by atoms with E-state index in [1.807, 2.05) is 13.8 Å². The summed E-state index contributed by atoms with van der Waals surface area (Å²) in [4.78, 5) is 12.5. The van der Waals surface area contributed by atoms with Gasteiger partial charge in [0, 0.05) is 25.2 Å². The van der Waals surface area contributed by atoms with Crippen molar-refractivity contribution in [2.45, 2.75) is 36.7 Å². The van der Waals surface area contributed by atoms with Gasteiger partial charge < -0.3 is 4.90 Å². The number of sulfonamides is 2. The van der Waals surface area contributed by atoms with Crippen molar-refractivity contribution < 1.29 is 21.8 Å². The van der Waals surface area contributed by atoms with Crippen LogP contribution in [0.4, 0.5) is 5.69 Å². The molecule has 3 aromatic rings. The number of nitrogens with zero attached hydrogens (tertiary/aromatic N) is 4. The molecular weight excluding hydrogens is 516 g/mol. The van der Waals surface area contributed by atoms with E-state index >= 15 is 0 Å². The summed E-state index contributed by atoms with van der Waals surface area (Å²) in [6.07, 6.45) is -1.04. The molecule has 0 bridgehead atoms. The van der Waals surface area contributed by atoms with Crippen LogP contribution in [-0.4, -0.2) is 49.9 Å². The Kier molecular flexibility index (Phi) is 7.18. The first-order chi connectivity index (χ1) is 17.4. The Bertz CT molecular complexity index is 1570. The van der Waals surface area contributed by atoms with Gasteiger partial charge in [-0.15, -0.1) is 4.40 Å². The predicted molar refractivity (Wildman–Crippen MR) is 139 cm³/mol. The monoisotopic (exact) mass is 542 g/mol. The van der Waals surface area contributed by atoms with Crippen molar-refractivity contribution in [3.8, 4) is 0 Å². The second kappa shape index (κ2) is 10.0. The number of non-ortho nitro benzene ring substituents is 1. The first-order valence-electron chi connectivity index (χ1n) is 11.4. The fourth-order valence-corrected chi connectivity index (χ4v) is 6.79. The first kappa shape index (κ1) is 26.5. The number of rotatable bonds is 6. The Morgan fingerprint density at radius 3 is 2.03 bits per heavy atom. The molecule has 0 amide bonds. The van der Waals surface area contributed by atoms with Gasteiger partial charge in [-0.1, -0.05) is 47.5 Å². The van der Waals surface area contributed by atoms with Crippen LogP contribution in [0, 0.1) is 24.0 Å². The van der Waals surface area contributed by atoms with E-state index in [2.05, 4.69) is 4.40 Å². The van der Waals surface area contributed by atoms with Crippen LogP contribution < -0.4 is 0 Å². The Balaban J connectivity index is 1.80. The average molecular weight is 543 g/mol. The van der Waals surface area contributed by atoms with Crippen LogP contribution in [0.25, 0.3) is 0 Å². The summed E-state index contributed by atoms with van der Waals surface area (Å²) >= 11 is 0. The first-order valence-corrected chi connectivity index (χ1v) is 14.3. The molecule has 1 aliphatic rings. The molecule has 1 aliphatic heterocycles.